The zero-order chi connectivity index (χ0) is 13.0. The molecule has 0 bridgehead atoms. The number of amides is 1. The number of benzene rings is 1. The molecular weight excluding hydrogens is 226 g/mol. The van der Waals surface area contributed by atoms with Gasteiger partial charge >= 0.3 is 6.09 Å². The van der Waals surface area contributed by atoms with Crippen LogP contribution in [0.2, 0.25) is 0 Å². The zero-order valence-corrected chi connectivity index (χ0v) is 11.1. The zero-order valence-electron chi connectivity index (χ0n) is 11.1. The number of rotatable bonds is 3. The van der Waals surface area contributed by atoms with Gasteiger partial charge in [0.15, 0.2) is 0 Å². The van der Waals surface area contributed by atoms with E-state index in [1.165, 1.54) is 0 Å². The molecule has 3 nitrogen and oxygen atoms in total. The molecule has 0 N–H and O–H groups in total. The summed E-state index contributed by atoms with van der Waals surface area (Å²) in [6, 6.07) is 9.80. The van der Waals surface area contributed by atoms with Gasteiger partial charge in [0.2, 0.25) is 0 Å². The van der Waals surface area contributed by atoms with E-state index in [0.717, 1.165) is 25.1 Å². The van der Waals surface area contributed by atoms with Gasteiger partial charge in [-0.15, -0.1) is 0 Å². The fraction of sp³-hybridized carbons (Fsp3) is 0.533. The van der Waals surface area contributed by atoms with Gasteiger partial charge in [-0.05, 0) is 17.4 Å². The van der Waals surface area contributed by atoms with E-state index >= 15 is 0 Å². The first-order valence-electron chi connectivity index (χ1n) is 6.66. The van der Waals surface area contributed by atoms with Crippen LogP contribution in [-0.2, 0) is 11.3 Å². The predicted octanol–water partition coefficient (Wildman–Crippen LogP) is 3.30. The average Bonchev–Trinajstić information content (AvgIpc) is 2.78. The lowest BCUT2D eigenvalue weighted by Gasteiger charge is -2.16. The molecule has 2 rings (SSSR count). The maximum absolute atomic E-state index is 11.9. The van der Waals surface area contributed by atoms with Gasteiger partial charge in [-0.2, -0.15) is 0 Å². The lowest BCUT2D eigenvalue weighted by molar-refractivity contribution is 0.102. The Hall–Kier alpha value is -1.51. The third-order valence-electron chi connectivity index (χ3n) is 3.76. The first-order chi connectivity index (χ1) is 8.70. The van der Waals surface area contributed by atoms with Gasteiger partial charge in [-0.1, -0.05) is 50.6 Å². The molecule has 1 aliphatic rings. The van der Waals surface area contributed by atoms with E-state index in [-0.39, 0.29) is 6.09 Å². The van der Waals surface area contributed by atoms with Crippen LogP contribution in [0.5, 0.6) is 0 Å². The summed E-state index contributed by atoms with van der Waals surface area (Å²) in [5, 5.41) is 0. The smallest absolute Gasteiger partial charge is 0.410 e. The Morgan fingerprint density at radius 1 is 1.33 bits per heavy atom. The highest BCUT2D eigenvalue weighted by molar-refractivity contribution is 5.68. The van der Waals surface area contributed by atoms with E-state index in [1.807, 2.05) is 35.2 Å². The Balaban J connectivity index is 1.82. The molecule has 0 aliphatic carbocycles. The normalized spacial score (nSPS) is 23.1. The first-order valence-corrected chi connectivity index (χ1v) is 6.66. The molecule has 1 aliphatic heterocycles. The summed E-state index contributed by atoms with van der Waals surface area (Å²) in [5.41, 5.74) is 1.03. The van der Waals surface area contributed by atoms with Crippen LogP contribution in [0.1, 0.15) is 25.8 Å². The van der Waals surface area contributed by atoms with Crippen LogP contribution in [0.25, 0.3) is 0 Å². The number of carbonyl (C=O) groups excluding carboxylic acids is 1. The molecule has 3 heteroatoms. The van der Waals surface area contributed by atoms with Gasteiger partial charge in [0.25, 0.3) is 0 Å². The monoisotopic (exact) mass is 247 g/mol. The van der Waals surface area contributed by atoms with Crippen molar-refractivity contribution in [2.24, 2.45) is 11.8 Å². The standard InChI is InChI=1S/C15H21NO2/c1-3-14-10-16(9-12(14)2)15(17)18-11-13-7-5-4-6-8-13/h4-8,12,14H,3,9-11H2,1-2H3. The van der Waals surface area contributed by atoms with Crippen LogP contribution in [0.4, 0.5) is 4.79 Å². The second-order valence-corrected chi connectivity index (χ2v) is 5.09. The van der Waals surface area contributed by atoms with Crippen LogP contribution in [0.3, 0.4) is 0 Å². The van der Waals surface area contributed by atoms with Crippen LogP contribution in [0.15, 0.2) is 30.3 Å². The predicted molar refractivity (Wildman–Crippen MR) is 71.1 cm³/mol. The minimum atomic E-state index is -0.179. The molecule has 2 atom stereocenters. The topological polar surface area (TPSA) is 29.5 Å². The van der Waals surface area contributed by atoms with Gasteiger partial charge < -0.3 is 9.64 Å². The van der Waals surface area contributed by atoms with Crippen molar-refractivity contribution in [1.29, 1.82) is 0 Å². The van der Waals surface area contributed by atoms with Gasteiger partial charge in [-0.3, -0.25) is 0 Å². The number of hydrogen-bond donors (Lipinski definition) is 0. The summed E-state index contributed by atoms with van der Waals surface area (Å²) in [7, 11) is 0. The molecule has 1 aromatic rings. The molecule has 2 unspecified atom stereocenters. The Kier molecular flexibility index (Phi) is 4.24. The van der Waals surface area contributed by atoms with Gasteiger partial charge in [0.05, 0.1) is 0 Å². The minimum Gasteiger partial charge on any atom is -0.445 e. The second kappa shape index (κ2) is 5.89. The summed E-state index contributed by atoms with van der Waals surface area (Å²) in [5.74, 6) is 1.20. The Morgan fingerprint density at radius 2 is 2.06 bits per heavy atom. The molecule has 0 saturated carbocycles. The molecule has 1 saturated heterocycles. The summed E-state index contributed by atoms with van der Waals surface area (Å²) in [6.45, 7) is 6.41. The van der Waals surface area contributed by atoms with Crippen LogP contribution < -0.4 is 0 Å². The molecule has 0 spiro atoms. The molecule has 98 valence electrons. The van der Waals surface area contributed by atoms with Crippen LogP contribution in [-0.4, -0.2) is 24.1 Å². The molecule has 0 aromatic heterocycles. The van der Waals surface area contributed by atoms with Crippen molar-refractivity contribution >= 4 is 6.09 Å². The van der Waals surface area contributed by atoms with Crippen molar-refractivity contribution in [3.63, 3.8) is 0 Å². The van der Waals surface area contributed by atoms with Gasteiger partial charge in [0, 0.05) is 13.1 Å². The van der Waals surface area contributed by atoms with E-state index < -0.39 is 0 Å². The van der Waals surface area contributed by atoms with Crippen molar-refractivity contribution in [2.45, 2.75) is 26.9 Å². The molecule has 1 aromatic carbocycles. The van der Waals surface area contributed by atoms with Crippen molar-refractivity contribution in [3.8, 4) is 0 Å². The minimum absolute atomic E-state index is 0.179. The van der Waals surface area contributed by atoms with Gasteiger partial charge in [-0.25, -0.2) is 4.79 Å². The highest BCUT2D eigenvalue weighted by Crippen LogP contribution is 2.25. The largest absolute Gasteiger partial charge is 0.445 e. The number of ether oxygens (including phenoxy) is 1. The summed E-state index contributed by atoms with van der Waals surface area (Å²) >= 11 is 0. The van der Waals surface area contributed by atoms with Crippen molar-refractivity contribution in [2.75, 3.05) is 13.1 Å². The Labute approximate surface area is 109 Å². The number of nitrogens with zero attached hydrogens (tertiary/aromatic N) is 1. The lowest BCUT2D eigenvalue weighted by Crippen LogP contribution is -2.29. The Morgan fingerprint density at radius 3 is 2.67 bits per heavy atom. The molecule has 18 heavy (non-hydrogen) atoms. The SMILES string of the molecule is CCC1CN(C(=O)OCc2ccccc2)CC1C. The molecule has 1 fully saturated rings. The van der Waals surface area contributed by atoms with E-state index in [1.54, 1.807) is 0 Å². The molecule has 0 radical (unpaired) electrons. The third-order valence-corrected chi connectivity index (χ3v) is 3.76. The van der Waals surface area contributed by atoms with E-state index in [4.69, 9.17) is 4.74 Å². The highest BCUT2D eigenvalue weighted by Gasteiger charge is 2.31. The summed E-state index contributed by atoms with van der Waals surface area (Å²) < 4.78 is 5.34. The molecule has 1 heterocycles. The summed E-state index contributed by atoms with van der Waals surface area (Å²) in [4.78, 5) is 13.8. The Bertz CT molecular complexity index is 391. The van der Waals surface area contributed by atoms with Crippen molar-refractivity contribution < 1.29 is 9.53 Å². The van der Waals surface area contributed by atoms with E-state index in [2.05, 4.69) is 13.8 Å². The second-order valence-electron chi connectivity index (χ2n) is 5.09. The first kappa shape index (κ1) is 12.9. The third kappa shape index (κ3) is 3.03. The number of hydrogen-bond acceptors (Lipinski definition) is 2. The fourth-order valence-corrected chi connectivity index (χ4v) is 2.53. The average molecular weight is 247 g/mol. The van der Waals surface area contributed by atoms with Crippen molar-refractivity contribution in [1.82, 2.24) is 4.90 Å². The number of carbonyl (C=O) groups is 1. The van der Waals surface area contributed by atoms with Crippen LogP contribution >= 0.6 is 0 Å². The lowest BCUT2D eigenvalue weighted by atomic mass is 9.96. The summed E-state index contributed by atoms with van der Waals surface area (Å²) in [6.07, 6.45) is 0.950. The molecular formula is C15H21NO2. The fourth-order valence-electron chi connectivity index (χ4n) is 2.53. The van der Waals surface area contributed by atoms with Crippen molar-refractivity contribution in [3.05, 3.63) is 35.9 Å². The van der Waals surface area contributed by atoms with Gasteiger partial charge in [0.1, 0.15) is 6.61 Å². The maximum Gasteiger partial charge on any atom is 0.410 e. The highest BCUT2D eigenvalue weighted by atomic mass is 16.6. The molecule has 1 amide bonds. The van der Waals surface area contributed by atoms with Crippen LogP contribution in [0, 0.1) is 11.8 Å². The van der Waals surface area contributed by atoms with E-state index in [0.29, 0.717) is 18.4 Å². The van der Waals surface area contributed by atoms with E-state index in [9.17, 15) is 4.79 Å². The number of likely N-dealkylation sites (tertiary alicyclic amines) is 1. The quantitative estimate of drug-likeness (QED) is 0.820. The maximum atomic E-state index is 11.9.